The molecule has 0 saturated carbocycles. The van der Waals surface area contributed by atoms with E-state index in [0.717, 1.165) is 5.56 Å². The summed E-state index contributed by atoms with van der Waals surface area (Å²) >= 11 is 0. The number of amides is 1. The number of ether oxygens (including phenoxy) is 1. The molecule has 4 heteroatoms. The summed E-state index contributed by atoms with van der Waals surface area (Å²) in [5.74, 6) is -0.992. The van der Waals surface area contributed by atoms with E-state index < -0.39 is 5.91 Å². The SMILES string of the molecule is CC(CCC(N)=O)C(=O)OCc1ccccc1. The maximum absolute atomic E-state index is 11.6. The second kappa shape index (κ2) is 6.68. The maximum Gasteiger partial charge on any atom is 0.308 e. The van der Waals surface area contributed by atoms with Crippen molar-refractivity contribution in [3.05, 3.63) is 35.9 Å². The summed E-state index contributed by atoms with van der Waals surface area (Å²) in [7, 11) is 0. The summed E-state index contributed by atoms with van der Waals surface area (Å²) in [6.07, 6.45) is 0.643. The predicted octanol–water partition coefficient (Wildman–Crippen LogP) is 1.63. The molecule has 92 valence electrons. The van der Waals surface area contributed by atoms with Gasteiger partial charge in [0, 0.05) is 6.42 Å². The van der Waals surface area contributed by atoms with Crippen LogP contribution in [0.25, 0.3) is 0 Å². The Morgan fingerprint density at radius 2 is 1.94 bits per heavy atom. The van der Waals surface area contributed by atoms with Gasteiger partial charge in [-0.05, 0) is 12.0 Å². The van der Waals surface area contributed by atoms with Crippen molar-refractivity contribution in [2.45, 2.75) is 26.4 Å². The van der Waals surface area contributed by atoms with Gasteiger partial charge in [-0.3, -0.25) is 9.59 Å². The highest BCUT2D eigenvalue weighted by atomic mass is 16.5. The van der Waals surface area contributed by atoms with Crippen LogP contribution >= 0.6 is 0 Å². The second-order valence-electron chi connectivity index (χ2n) is 4.00. The van der Waals surface area contributed by atoms with Crippen molar-refractivity contribution in [1.29, 1.82) is 0 Å². The molecular weight excluding hydrogens is 218 g/mol. The Morgan fingerprint density at radius 3 is 2.53 bits per heavy atom. The van der Waals surface area contributed by atoms with Crippen LogP contribution in [0.15, 0.2) is 30.3 Å². The van der Waals surface area contributed by atoms with Crippen LogP contribution in [-0.4, -0.2) is 11.9 Å². The standard InChI is InChI=1S/C13H17NO3/c1-10(7-8-12(14)15)13(16)17-9-11-5-3-2-4-6-11/h2-6,10H,7-9H2,1H3,(H2,14,15). The topological polar surface area (TPSA) is 69.4 Å². The second-order valence-corrected chi connectivity index (χ2v) is 4.00. The molecule has 0 spiro atoms. The van der Waals surface area contributed by atoms with Crippen molar-refractivity contribution in [3.8, 4) is 0 Å². The summed E-state index contributed by atoms with van der Waals surface area (Å²) in [5, 5.41) is 0. The average molecular weight is 235 g/mol. The van der Waals surface area contributed by atoms with Gasteiger partial charge in [-0.2, -0.15) is 0 Å². The molecule has 17 heavy (non-hydrogen) atoms. The Balaban J connectivity index is 2.32. The molecule has 0 aliphatic carbocycles. The maximum atomic E-state index is 11.6. The highest BCUT2D eigenvalue weighted by Gasteiger charge is 2.15. The summed E-state index contributed by atoms with van der Waals surface area (Å²) in [5.41, 5.74) is 5.96. The van der Waals surface area contributed by atoms with Gasteiger partial charge >= 0.3 is 5.97 Å². The van der Waals surface area contributed by atoms with E-state index in [9.17, 15) is 9.59 Å². The van der Waals surface area contributed by atoms with Crippen molar-refractivity contribution in [2.75, 3.05) is 0 Å². The fraction of sp³-hybridized carbons (Fsp3) is 0.385. The quantitative estimate of drug-likeness (QED) is 0.762. The van der Waals surface area contributed by atoms with Gasteiger partial charge in [0.1, 0.15) is 6.61 Å². The van der Waals surface area contributed by atoms with Gasteiger partial charge in [-0.1, -0.05) is 37.3 Å². The molecule has 1 aromatic carbocycles. The van der Waals surface area contributed by atoms with Gasteiger partial charge in [0.15, 0.2) is 0 Å². The van der Waals surface area contributed by atoms with Gasteiger partial charge in [0.2, 0.25) is 5.91 Å². The minimum atomic E-state index is -0.396. The van der Waals surface area contributed by atoms with Crippen molar-refractivity contribution in [3.63, 3.8) is 0 Å². The fourth-order valence-corrected chi connectivity index (χ4v) is 1.35. The van der Waals surface area contributed by atoms with Gasteiger partial charge in [-0.15, -0.1) is 0 Å². The largest absolute Gasteiger partial charge is 0.461 e. The van der Waals surface area contributed by atoms with E-state index in [4.69, 9.17) is 10.5 Å². The molecule has 1 rings (SSSR count). The van der Waals surface area contributed by atoms with E-state index in [-0.39, 0.29) is 24.9 Å². The number of hydrogen-bond donors (Lipinski definition) is 1. The van der Waals surface area contributed by atoms with E-state index in [1.165, 1.54) is 0 Å². The molecule has 1 atom stereocenters. The van der Waals surface area contributed by atoms with Crippen molar-refractivity contribution in [2.24, 2.45) is 11.7 Å². The molecule has 4 nitrogen and oxygen atoms in total. The Kier molecular flexibility index (Phi) is 5.20. The molecule has 0 heterocycles. The molecule has 0 radical (unpaired) electrons. The van der Waals surface area contributed by atoms with Crippen LogP contribution in [0.1, 0.15) is 25.3 Å². The van der Waals surface area contributed by atoms with E-state index in [2.05, 4.69) is 0 Å². The number of esters is 1. The number of hydrogen-bond acceptors (Lipinski definition) is 3. The zero-order chi connectivity index (χ0) is 12.7. The van der Waals surface area contributed by atoms with E-state index in [1.807, 2.05) is 30.3 Å². The first kappa shape index (κ1) is 13.2. The van der Waals surface area contributed by atoms with Crippen LogP contribution in [-0.2, 0) is 20.9 Å². The number of nitrogens with two attached hydrogens (primary N) is 1. The molecule has 0 aliphatic rings. The lowest BCUT2D eigenvalue weighted by atomic mass is 10.1. The van der Waals surface area contributed by atoms with Crippen LogP contribution < -0.4 is 5.73 Å². The lowest BCUT2D eigenvalue weighted by Crippen LogP contribution is -2.18. The Morgan fingerprint density at radius 1 is 1.29 bits per heavy atom. The smallest absolute Gasteiger partial charge is 0.308 e. The van der Waals surface area contributed by atoms with Crippen molar-refractivity contribution >= 4 is 11.9 Å². The highest BCUT2D eigenvalue weighted by molar-refractivity contribution is 5.76. The van der Waals surface area contributed by atoms with E-state index >= 15 is 0 Å². The van der Waals surface area contributed by atoms with Gasteiger partial charge in [-0.25, -0.2) is 0 Å². The number of primary amides is 1. The van der Waals surface area contributed by atoms with Crippen LogP contribution in [0.3, 0.4) is 0 Å². The lowest BCUT2D eigenvalue weighted by Gasteiger charge is -2.10. The summed E-state index contributed by atoms with van der Waals surface area (Å²) in [6, 6.07) is 9.46. The van der Waals surface area contributed by atoms with Crippen LogP contribution in [0.4, 0.5) is 0 Å². The zero-order valence-electron chi connectivity index (χ0n) is 9.89. The number of carbonyl (C=O) groups is 2. The van der Waals surface area contributed by atoms with Crippen LogP contribution in [0, 0.1) is 5.92 Å². The third kappa shape index (κ3) is 5.15. The molecule has 0 bridgehead atoms. The molecule has 0 saturated heterocycles. The van der Waals surface area contributed by atoms with Gasteiger partial charge < -0.3 is 10.5 Å². The monoisotopic (exact) mass is 235 g/mol. The van der Waals surface area contributed by atoms with Crippen molar-refractivity contribution < 1.29 is 14.3 Å². The van der Waals surface area contributed by atoms with Gasteiger partial charge in [0.05, 0.1) is 5.92 Å². The minimum absolute atomic E-state index is 0.210. The molecular formula is C13H17NO3. The van der Waals surface area contributed by atoms with E-state index in [1.54, 1.807) is 6.92 Å². The minimum Gasteiger partial charge on any atom is -0.461 e. The van der Waals surface area contributed by atoms with Crippen LogP contribution in [0.2, 0.25) is 0 Å². The molecule has 1 amide bonds. The Hall–Kier alpha value is -1.84. The van der Waals surface area contributed by atoms with E-state index in [0.29, 0.717) is 6.42 Å². The fourth-order valence-electron chi connectivity index (χ4n) is 1.35. The van der Waals surface area contributed by atoms with Gasteiger partial charge in [0.25, 0.3) is 0 Å². The lowest BCUT2D eigenvalue weighted by molar-refractivity contribution is -0.149. The molecule has 0 aromatic heterocycles. The highest BCUT2D eigenvalue weighted by Crippen LogP contribution is 2.09. The third-order valence-electron chi connectivity index (χ3n) is 2.45. The average Bonchev–Trinajstić information content (AvgIpc) is 2.34. The zero-order valence-corrected chi connectivity index (χ0v) is 9.89. The molecule has 1 unspecified atom stereocenters. The number of rotatable bonds is 6. The Labute approximate surface area is 101 Å². The molecule has 0 fully saturated rings. The molecule has 0 aliphatic heterocycles. The third-order valence-corrected chi connectivity index (χ3v) is 2.45. The first-order valence-corrected chi connectivity index (χ1v) is 5.58. The molecule has 1 aromatic rings. The summed E-state index contributed by atoms with van der Waals surface area (Å²) in [4.78, 5) is 22.1. The normalized spacial score (nSPS) is 11.8. The summed E-state index contributed by atoms with van der Waals surface area (Å²) < 4.78 is 5.13. The van der Waals surface area contributed by atoms with Crippen LogP contribution in [0.5, 0.6) is 0 Å². The Bertz CT molecular complexity index is 376. The molecule has 2 N–H and O–H groups in total. The first-order valence-electron chi connectivity index (χ1n) is 5.58. The number of benzene rings is 1. The summed E-state index contributed by atoms with van der Waals surface area (Å²) in [6.45, 7) is 2.00. The first-order chi connectivity index (χ1) is 8.09. The van der Waals surface area contributed by atoms with Crippen molar-refractivity contribution in [1.82, 2.24) is 0 Å². The number of carbonyl (C=O) groups excluding carboxylic acids is 2. The predicted molar refractivity (Wildman–Crippen MR) is 63.8 cm³/mol.